The van der Waals surface area contributed by atoms with Crippen LogP contribution in [0.25, 0.3) is 0 Å². The number of hydrogen-bond donors (Lipinski definition) is 1. The maximum atomic E-state index is 10.8. The van der Waals surface area contributed by atoms with Crippen LogP contribution < -0.4 is 10.2 Å². The van der Waals surface area contributed by atoms with Gasteiger partial charge in [-0.25, -0.2) is 0 Å². The number of non-ortho nitro benzene ring substituents is 1. The average molecular weight is 293 g/mol. The Morgan fingerprint density at radius 2 is 2.33 bits per heavy atom. The number of anilines is 1. The van der Waals surface area contributed by atoms with Gasteiger partial charge < -0.3 is 15.0 Å². The molecule has 116 valence electrons. The van der Waals surface area contributed by atoms with Crippen LogP contribution >= 0.6 is 0 Å². The summed E-state index contributed by atoms with van der Waals surface area (Å²) < 4.78 is 5.19. The Morgan fingerprint density at radius 1 is 1.52 bits per heavy atom. The minimum atomic E-state index is -0.352. The summed E-state index contributed by atoms with van der Waals surface area (Å²) >= 11 is 0. The number of ether oxygens (including phenoxy) is 1. The highest BCUT2D eigenvalue weighted by Gasteiger charge is 2.20. The van der Waals surface area contributed by atoms with Crippen molar-refractivity contribution < 1.29 is 9.66 Å². The van der Waals surface area contributed by atoms with Gasteiger partial charge in [-0.1, -0.05) is 0 Å². The van der Waals surface area contributed by atoms with Crippen LogP contribution in [0.1, 0.15) is 18.4 Å². The van der Waals surface area contributed by atoms with Crippen molar-refractivity contribution in [2.75, 3.05) is 38.3 Å². The van der Waals surface area contributed by atoms with Crippen LogP contribution in [0.3, 0.4) is 0 Å². The first-order chi connectivity index (χ1) is 10.1. The van der Waals surface area contributed by atoms with Gasteiger partial charge in [-0.3, -0.25) is 10.1 Å². The summed E-state index contributed by atoms with van der Waals surface area (Å²) in [6.45, 7) is 5.32. The number of aryl methyl sites for hydroxylation is 1. The molecule has 6 heteroatoms. The number of nitro groups is 1. The number of benzene rings is 1. The number of nitro benzene ring substituents is 1. The molecule has 1 aliphatic heterocycles. The zero-order valence-corrected chi connectivity index (χ0v) is 12.7. The zero-order chi connectivity index (χ0) is 15.2. The molecule has 0 amide bonds. The van der Waals surface area contributed by atoms with E-state index >= 15 is 0 Å². The predicted octanol–water partition coefficient (Wildman–Crippen LogP) is 2.11. The molecular weight excluding hydrogens is 270 g/mol. The minimum absolute atomic E-state index is 0.141. The number of nitrogens with zero attached hydrogens (tertiary/aromatic N) is 2. The van der Waals surface area contributed by atoms with E-state index in [4.69, 9.17) is 4.74 Å². The Morgan fingerprint density at radius 3 is 2.90 bits per heavy atom. The molecule has 1 aromatic carbocycles. The third-order valence-electron chi connectivity index (χ3n) is 3.90. The second-order valence-corrected chi connectivity index (χ2v) is 5.46. The van der Waals surface area contributed by atoms with Gasteiger partial charge in [-0.2, -0.15) is 0 Å². The van der Waals surface area contributed by atoms with E-state index in [1.807, 2.05) is 13.0 Å². The highest BCUT2D eigenvalue weighted by atomic mass is 16.6. The van der Waals surface area contributed by atoms with Gasteiger partial charge >= 0.3 is 0 Å². The average Bonchev–Trinajstić information content (AvgIpc) is 2.96. The third kappa shape index (κ3) is 4.15. The Kier molecular flexibility index (Phi) is 5.52. The SMILES string of the molecule is COCCN(CC1CCCN1)c1ccc([N+](=O)[O-])cc1C. The quantitative estimate of drug-likeness (QED) is 0.616. The summed E-state index contributed by atoms with van der Waals surface area (Å²) in [5.74, 6) is 0. The zero-order valence-electron chi connectivity index (χ0n) is 12.7. The molecule has 1 aliphatic rings. The van der Waals surface area contributed by atoms with E-state index < -0.39 is 0 Å². The summed E-state index contributed by atoms with van der Waals surface area (Å²) in [4.78, 5) is 12.8. The van der Waals surface area contributed by atoms with Crippen LogP contribution in [-0.2, 0) is 4.74 Å². The van der Waals surface area contributed by atoms with Crippen LogP contribution in [-0.4, -0.2) is 44.3 Å². The molecule has 21 heavy (non-hydrogen) atoms. The molecule has 1 unspecified atom stereocenters. The van der Waals surface area contributed by atoms with E-state index in [2.05, 4.69) is 10.2 Å². The topological polar surface area (TPSA) is 67.6 Å². The van der Waals surface area contributed by atoms with Crippen LogP contribution in [0.4, 0.5) is 11.4 Å². The Bertz CT molecular complexity index is 487. The molecule has 1 fully saturated rings. The number of hydrogen-bond acceptors (Lipinski definition) is 5. The molecule has 1 atom stereocenters. The largest absolute Gasteiger partial charge is 0.383 e. The second kappa shape index (κ2) is 7.38. The van der Waals surface area contributed by atoms with Crippen molar-refractivity contribution in [1.82, 2.24) is 5.32 Å². The van der Waals surface area contributed by atoms with Crippen LogP contribution in [0.2, 0.25) is 0 Å². The smallest absolute Gasteiger partial charge is 0.269 e. The highest BCUT2D eigenvalue weighted by molar-refractivity contribution is 5.57. The molecule has 1 N–H and O–H groups in total. The van der Waals surface area contributed by atoms with E-state index in [-0.39, 0.29) is 10.6 Å². The first-order valence-corrected chi connectivity index (χ1v) is 7.34. The fourth-order valence-electron chi connectivity index (χ4n) is 2.80. The fraction of sp³-hybridized carbons (Fsp3) is 0.600. The van der Waals surface area contributed by atoms with Gasteiger partial charge in [0.25, 0.3) is 5.69 Å². The highest BCUT2D eigenvalue weighted by Crippen LogP contribution is 2.25. The number of rotatable bonds is 7. The lowest BCUT2D eigenvalue weighted by Crippen LogP contribution is -2.39. The Balaban J connectivity index is 2.16. The number of nitrogens with one attached hydrogen (secondary N) is 1. The summed E-state index contributed by atoms with van der Waals surface area (Å²) in [6.07, 6.45) is 2.39. The van der Waals surface area contributed by atoms with Crippen molar-refractivity contribution in [1.29, 1.82) is 0 Å². The van der Waals surface area contributed by atoms with Gasteiger partial charge in [-0.05, 0) is 37.9 Å². The second-order valence-electron chi connectivity index (χ2n) is 5.46. The summed E-state index contributed by atoms with van der Waals surface area (Å²) in [6, 6.07) is 5.54. The molecule has 2 rings (SSSR count). The standard InChI is InChI=1S/C15H23N3O3/c1-12-10-14(18(19)20)5-6-15(12)17(8-9-21-2)11-13-4-3-7-16-13/h5-6,10,13,16H,3-4,7-9,11H2,1-2H3. The van der Waals surface area contributed by atoms with Crippen molar-refractivity contribution in [2.24, 2.45) is 0 Å². The summed E-state index contributed by atoms with van der Waals surface area (Å²) in [7, 11) is 1.69. The molecule has 6 nitrogen and oxygen atoms in total. The minimum Gasteiger partial charge on any atom is -0.383 e. The van der Waals surface area contributed by atoms with E-state index in [0.717, 1.165) is 30.9 Å². The van der Waals surface area contributed by atoms with E-state index in [9.17, 15) is 10.1 Å². The van der Waals surface area contributed by atoms with Gasteiger partial charge in [-0.15, -0.1) is 0 Å². The lowest BCUT2D eigenvalue weighted by Gasteiger charge is -2.29. The fourth-order valence-corrected chi connectivity index (χ4v) is 2.80. The van der Waals surface area contributed by atoms with Crippen molar-refractivity contribution in [2.45, 2.75) is 25.8 Å². The summed E-state index contributed by atoms with van der Waals surface area (Å²) in [5.41, 5.74) is 2.12. The Labute approximate surface area is 125 Å². The molecule has 0 aromatic heterocycles. The molecule has 0 radical (unpaired) electrons. The van der Waals surface area contributed by atoms with Crippen LogP contribution in [0, 0.1) is 17.0 Å². The van der Waals surface area contributed by atoms with E-state index in [0.29, 0.717) is 12.6 Å². The van der Waals surface area contributed by atoms with Gasteiger partial charge in [0, 0.05) is 44.1 Å². The van der Waals surface area contributed by atoms with Crippen LogP contribution in [0.5, 0.6) is 0 Å². The third-order valence-corrected chi connectivity index (χ3v) is 3.90. The molecule has 0 aliphatic carbocycles. The lowest BCUT2D eigenvalue weighted by molar-refractivity contribution is -0.384. The van der Waals surface area contributed by atoms with Gasteiger partial charge in [0.15, 0.2) is 0 Å². The first-order valence-electron chi connectivity index (χ1n) is 7.34. The van der Waals surface area contributed by atoms with E-state index in [1.54, 1.807) is 19.2 Å². The molecule has 0 bridgehead atoms. The predicted molar refractivity (Wildman–Crippen MR) is 82.9 cm³/mol. The van der Waals surface area contributed by atoms with Crippen molar-refractivity contribution in [3.63, 3.8) is 0 Å². The molecule has 0 saturated carbocycles. The molecule has 0 spiro atoms. The van der Waals surface area contributed by atoms with E-state index in [1.165, 1.54) is 12.8 Å². The van der Waals surface area contributed by atoms with Gasteiger partial charge in [0.2, 0.25) is 0 Å². The maximum absolute atomic E-state index is 10.8. The van der Waals surface area contributed by atoms with Crippen LogP contribution in [0.15, 0.2) is 18.2 Å². The molecule has 1 aromatic rings. The number of methoxy groups -OCH3 is 1. The maximum Gasteiger partial charge on any atom is 0.269 e. The summed E-state index contributed by atoms with van der Waals surface area (Å²) in [5, 5.41) is 14.3. The monoisotopic (exact) mass is 293 g/mol. The van der Waals surface area contributed by atoms with Crippen molar-refractivity contribution in [3.8, 4) is 0 Å². The van der Waals surface area contributed by atoms with Gasteiger partial charge in [0.1, 0.15) is 0 Å². The molecule has 1 saturated heterocycles. The molecule has 1 heterocycles. The van der Waals surface area contributed by atoms with Crippen molar-refractivity contribution >= 4 is 11.4 Å². The lowest BCUT2D eigenvalue weighted by atomic mass is 10.1. The Hall–Kier alpha value is -1.66. The van der Waals surface area contributed by atoms with Crippen molar-refractivity contribution in [3.05, 3.63) is 33.9 Å². The molecular formula is C15H23N3O3. The normalized spacial score (nSPS) is 17.9. The first kappa shape index (κ1) is 15.7. The van der Waals surface area contributed by atoms with Gasteiger partial charge in [0.05, 0.1) is 11.5 Å².